The van der Waals surface area contributed by atoms with Gasteiger partial charge in [0.15, 0.2) is 6.10 Å². The van der Waals surface area contributed by atoms with Crippen LogP contribution in [0.1, 0.15) is 380 Å². The molecule has 0 rings (SSSR count). The first kappa shape index (κ1) is 83.6. The lowest BCUT2D eigenvalue weighted by Gasteiger charge is -2.15. The molecule has 5 heteroatoms. The molecule has 1 unspecified atom stereocenters. The Morgan fingerprint density at radius 2 is 0.494 bits per heavy atom. The largest absolute Gasteiger partial charge is 0.462 e. The number of esters is 2. The number of aliphatic hydroxyl groups excluding tert-OH is 1. The molecule has 0 amide bonds. The van der Waals surface area contributed by atoms with Gasteiger partial charge in [-0.1, -0.05) is 393 Å². The molecule has 0 saturated carbocycles. The predicted molar refractivity (Wildman–Crippen MR) is 385 cm³/mol. The summed E-state index contributed by atoms with van der Waals surface area (Å²) < 4.78 is 10.8. The third-order valence-electron chi connectivity index (χ3n) is 16.8. The summed E-state index contributed by atoms with van der Waals surface area (Å²) in [7, 11) is 0. The fourth-order valence-corrected chi connectivity index (χ4v) is 11.2. The van der Waals surface area contributed by atoms with Crippen LogP contribution >= 0.6 is 0 Å². The Bertz CT molecular complexity index is 1660. The van der Waals surface area contributed by atoms with Crippen molar-refractivity contribution in [1.29, 1.82) is 0 Å². The van der Waals surface area contributed by atoms with Gasteiger partial charge in [0.2, 0.25) is 0 Å². The highest BCUT2D eigenvalue weighted by Gasteiger charge is 2.16. The number of unbranched alkanes of at least 4 members (excludes halogenated alkanes) is 44. The Balaban J connectivity index is 3.46. The van der Waals surface area contributed by atoms with Crippen LogP contribution in [0.25, 0.3) is 0 Å². The molecule has 0 bridgehead atoms. The summed E-state index contributed by atoms with van der Waals surface area (Å²) in [4.78, 5) is 24.7. The summed E-state index contributed by atoms with van der Waals surface area (Å²) >= 11 is 0. The Hall–Kier alpha value is -3.44. The van der Waals surface area contributed by atoms with Crippen molar-refractivity contribution in [2.24, 2.45) is 0 Å². The fraction of sp³-hybridized carbons (Fsp3) is 0.756. The summed E-state index contributed by atoms with van der Waals surface area (Å²) in [6.07, 6.45) is 112. The van der Waals surface area contributed by atoms with Gasteiger partial charge in [0, 0.05) is 12.8 Å². The molecule has 87 heavy (non-hydrogen) atoms. The summed E-state index contributed by atoms with van der Waals surface area (Å²) in [5.41, 5.74) is 0. The van der Waals surface area contributed by atoms with E-state index < -0.39 is 6.10 Å². The van der Waals surface area contributed by atoms with Crippen LogP contribution in [-0.2, 0) is 19.1 Å². The van der Waals surface area contributed by atoms with E-state index >= 15 is 0 Å². The first-order valence-electron chi connectivity index (χ1n) is 37.9. The van der Waals surface area contributed by atoms with Gasteiger partial charge < -0.3 is 14.6 Å². The highest BCUT2D eigenvalue weighted by molar-refractivity contribution is 5.70. The zero-order valence-corrected chi connectivity index (χ0v) is 57.8. The number of ether oxygens (including phenoxy) is 2. The van der Waals surface area contributed by atoms with E-state index in [1.165, 1.54) is 238 Å². The lowest BCUT2D eigenvalue weighted by atomic mass is 10.0. The topological polar surface area (TPSA) is 72.8 Å². The molecule has 1 N–H and O–H groups in total. The average molecular weight is 1210 g/mol. The van der Waals surface area contributed by atoms with Gasteiger partial charge >= 0.3 is 11.9 Å². The number of hydrogen-bond acceptors (Lipinski definition) is 5. The third-order valence-corrected chi connectivity index (χ3v) is 16.8. The van der Waals surface area contributed by atoms with Crippen LogP contribution < -0.4 is 0 Å². The van der Waals surface area contributed by atoms with E-state index in [9.17, 15) is 14.7 Å². The van der Waals surface area contributed by atoms with E-state index in [-0.39, 0.29) is 25.2 Å². The quantitative estimate of drug-likeness (QED) is 0.0373. The van der Waals surface area contributed by atoms with Gasteiger partial charge in [-0.15, -0.1) is 0 Å². The SMILES string of the molecule is CC/C=C\C/C=C\C/C=C\C/C=C\C/C=C\C/C=C\C/C=C\C/C=C\C/C=C\CCCCCCCC(=O)OC(CO)COC(=O)CCCCCCCCCCCCCCCCCCCCCCCCCCCCCCCCCCCCCCCCCC. The van der Waals surface area contributed by atoms with Crippen LogP contribution in [0.2, 0.25) is 0 Å². The summed E-state index contributed by atoms with van der Waals surface area (Å²) in [5, 5.41) is 9.71. The van der Waals surface area contributed by atoms with Crippen LogP contribution in [-0.4, -0.2) is 36.4 Å². The summed E-state index contributed by atoms with van der Waals surface area (Å²) in [6, 6.07) is 0. The first-order valence-corrected chi connectivity index (χ1v) is 37.9. The highest BCUT2D eigenvalue weighted by atomic mass is 16.6. The molecule has 0 heterocycles. The molecule has 0 spiro atoms. The molecular weight excluding hydrogens is 1060 g/mol. The summed E-state index contributed by atoms with van der Waals surface area (Å²) in [6.45, 7) is 4.05. The number of hydrogen-bond donors (Lipinski definition) is 1. The number of aliphatic hydroxyl groups is 1. The van der Waals surface area contributed by atoms with Gasteiger partial charge in [-0.05, 0) is 83.5 Å². The minimum absolute atomic E-state index is 0.0765. The van der Waals surface area contributed by atoms with E-state index in [1.54, 1.807) is 0 Å². The fourth-order valence-electron chi connectivity index (χ4n) is 11.2. The molecule has 0 radical (unpaired) electrons. The van der Waals surface area contributed by atoms with Crippen molar-refractivity contribution in [1.82, 2.24) is 0 Å². The Morgan fingerprint density at radius 3 is 0.747 bits per heavy atom. The van der Waals surface area contributed by atoms with Gasteiger partial charge in [0.05, 0.1) is 6.61 Å². The molecule has 0 aliphatic carbocycles. The average Bonchev–Trinajstić information content (AvgIpc) is 3.53. The molecule has 1 atom stereocenters. The lowest BCUT2D eigenvalue weighted by Crippen LogP contribution is -2.28. The normalized spacial score (nSPS) is 12.8. The lowest BCUT2D eigenvalue weighted by molar-refractivity contribution is -0.161. The molecule has 0 fully saturated rings. The van der Waals surface area contributed by atoms with Crippen molar-refractivity contribution in [3.05, 3.63) is 109 Å². The van der Waals surface area contributed by atoms with Crippen LogP contribution in [0, 0.1) is 0 Å². The molecule has 0 aromatic carbocycles. The van der Waals surface area contributed by atoms with Crippen molar-refractivity contribution >= 4 is 11.9 Å². The van der Waals surface area contributed by atoms with E-state index in [4.69, 9.17) is 9.47 Å². The minimum Gasteiger partial charge on any atom is -0.462 e. The molecule has 0 aromatic rings. The standard InChI is InChI=1S/C82H144O5/c1-3-5-7-9-11-13-15-17-19-21-23-25-27-29-31-33-35-37-38-39-40-41-42-43-45-46-48-50-52-54-56-58-60-62-64-66-68-70-72-74-76-81(84)86-79-80(78-83)87-82(85)77-75-73-71-69-67-65-63-61-59-57-55-53-51-49-47-44-36-34-32-30-28-26-24-22-20-18-16-14-12-10-8-6-4-2/h6,8,12,14,18,20,24,26,30,32,36,44,49,51,55,57,61,63,80,83H,3-5,7,9-11,13,15-17,19,21-23,25,27-29,31,33-35,37-43,45-48,50,52-54,56,58-60,62,64-79H2,1-2H3/b8-6-,14-12-,20-18-,26-24-,32-30-,44-36-,51-49-,57-55-,63-61-. The van der Waals surface area contributed by atoms with E-state index in [1.807, 2.05) is 0 Å². The van der Waals surface area contributed by atoms with E-state index in [2.05, 4.69) is 123 Å². The second-order valence-electron chi connectivity index (χ2n) is 25.4. The van der Waals surface area contributed by atoms with Crippen LogP contribution in [0.5, 0.6) is 0 Å². The van der Waals surface area contributed by atoms with Gasteiger partial charge in [-0.3, -0.25) is 9.59 Å². The predicted octanol–water partition coefficient (Wildman–Crippen LogP) is 26.7. The molecule has 502 valence electrons. The van der Waals surface area contributed by atoms with Crippen molar-refractivity contribution in [2.45, 2.75) is 386 Å². The maximum absolute atomic E-state index is 12.4. The molecule has 0 aliphatic rings. The van der Waals surface area contributed by atoms with Crippen molar-refractivity contribution in [2.75, 3.05) is 13.2 Å². The van der Waals surface area contributed by atoms with E-state index in [0.717, 1.165) is 116 Å². The molecule has 0 aliphatic heterocycles. The van der Waals surface area contributed by atoms with Gasteiger partial charge in [-0.25, -0.2) is 0 Å². The Labute approximate surface area is 541 Å². The monoisotopic (exact) mass is 1210 g/mol. The van der Waals surface area contributed by atoms with Crippen LogP contribution in [0.15, 0.2) is 109 Å². The number of carbonyl (C=O) groups excluding carboxylic acids is 2. The zero-order valence-electron chi connectivity index (χ0n) is 57.8. The minimum atomic E-state index is -0.791. The van der Waals surface area contributed by atoms with Crippen molar-refractivity contribution in [3.8, 4) is 0 Å². The molecule has 0 saturated heterocycles. The summed E-state index contributed by atoms with van der Waals surface area (Å²) in [5.74, 6) is -0.604. The third kappa shape index (κ3) is 74.9. The van der Waals surface area contributed by atoms with Crippen LogP contribution in [0.4, 0.5) is 0 Å². The maximum Gasteiger partial charge on any atom is 0.306 e. The second-order valence-corrected chi connectivity index (χ2v) is 25.4. The smallest absolute Gasteiger partial charge is 0.306 e. The molecule has 0 aromatic heterocycles. The maximum atomic E-state index is 12.4. The first-order chi connectivity index (χ1) is 43.1. The second kappa shape index (κ2) is 76.8. The van der Waals surface area contributed by atoms with Crippen molar-refractivity contribution in [3.63, 3.8) is 0 Å². The molecule has 5 nitrogen and oxygen atoms in total. The number of carbonyl (C=O) groups is 2. The van der Waals surface area contributed by atoms with Gasteiger partial charge in [0.25, 0.3) is 0 Å². The zero-order chi connectivity index (χ0) is 62.6. The highest BCUT2D eigenvalue weighted by Crippen LogP contribution is 2.19. The van der Waals surface area contributed by atoms with Gasteiger partial charge in [-0.2, -0.15) is 0 Å². The Kier molecular flexibility index (Phi) is 73.8. The molecular formula is C82H144O5. The Morgan fingerprint density at radius 1 is 0.276 bits per heavy atom. The van der Waals surface area contributed by atoms with E-state index in [0.29, 0.717) is 12.8 Å². The number of allylic oxidation sites excluding steroid dienone is 18. The number of rotatable bonds is 70. The van der Waals surface area contributed by atoms with Gasteiger partial charge in [0.1, 0.15) is 6.61 Å². The van der Waals surface area contributed by atoms with Crippen molar-refractivity contribution < 1.29 is 24.2 Å². The van der Waals surface area contributed by atoms with Crippen LogP contribution in [0.3, 0.4) is 0 Å².